The first kappa shape index (κ1) is 13.8. The second-order valence-corrected chi connectivity index (χ2v) is 4.71. The number of carbonyl (C=O) groups is 1. The number of amides is 1. The van der Waals surface area contributed by atoms with Crippen molar-refractivity contribution in [2.75, 3.05) is 5.32 Å². The SMILES string of the molecule is CC(N)(C(=O)Nc1ccc(C#N)cc1)c1ccccc1. The molecular weight excluding hydrogens is 250 g/mol. The first-order chi connectivity index (χ1) is 9.54. The van der Waals surface area contributed by atoms with Crippen molar-refractivity contribution in [1.82, 2.24) is 0 Å². The fourth-order valence-electron chi connectivity index (χ4n) is 1.80. The number of nitrogens with one attached hydrogen (secondary N) is 1. The molecule has 0 spiro atoms. The summed E-state index contributed by atoms with van der Waals surface area (Å²) in [7, 11) is 0. The van der Waals surface area contributed by atoms with Crippen LogP contribution in [0.2, 0.25) is 0 Å². The Labute approximate surface area is 117 Å². The minimum atomic E-state index is -1.12. The number of carbonyl (C=O) groups excluding carboxylic acids is 1. The largest absolute Gasteiger partial charge is 0.324 e. The van der Waals surface area contributed by atoms with E-state index < -0.39 is 5.54 Å². The molecule has 4 nitrogen and oxygen atoms in total. The zero-order valence-corrected chi connectivity index (χ0v) is 11.1. The van der Waals surface area contributed by atoms with E-state index in [1.165, 1.54) is 0 Å². The van der Waals surface area contributed by atoms with Crippen LogP contribution in [0.1, 0.15) is 18.1 Å². The lowest BCUT2D eigenvalue weighted by atomic mass is 9.92. The lowest BCUT2D eigenvalue weighted by Crippen LogP contribution is -2.45. The van der Waals surface area contributed by atoms with Crippen LogP contribution in [0.3, 0.4) is 0 Å². The predicted octanol–water partition coefficient (Wildman–Crippen LogP) is 2.37. The van der Waals surface area contributed by atoms with Gasteiger partial charge in [-0.2, -0.15) is 5.26 Å². The van der Waals surface area contributed by atoms with Gasteiger partial charge >= 0.3 is 0 Å². The first-order valence-corrected chi connectivity index (χ1v) is 6.20. The van der Waals surface area contributed by atoms with Gasteiger partial charge in [0.25, 0.3) is 0 Å². The van der Waals surface area contributed by atoms with Gasteiger partial charge in [-0.25, -0.2) is 0 Å². The zero-order valence-electron chi connectivity index (χ0n) is 11.1. The van der Waals surface area contributed by atoms with E-state index in [9.17, 15) is 4.79 Å². The fraction of sp³-hybridized carbons (Fsp3) is 0.125. The predicted molar refractivity (Wildman–Crippen MR) is 77.8 cm³/mol. The van der Waals surface area contributed by atoms with Gasteiger partial charge in [0, 0.05) is 5.69 Å². The van der Waals surface area contributed by atoms with E-state index in [2.05, 4.69) is 5.32 Å². The summed E-state index contributed by atoms with van der Waals surface area (Å²) in [6, 6.07) is 17.9. The van der Waals surface area contributed by atoms with Crippen LogP contribution in [0.5, 0.6) is 0 Å². The van der Waals surface area contributed by atoms with Crippen LogP contribution >= 0.6 is 0 Å². The molecule has 2 aromatic carbocycles. The van der Waals surface area contributed by atoms with E-state index in [0.29, 0.717) is 11.3 Å². The van der Waals surface area contributed by atoms with Gasteiger partial charge in [-0.05, 0) is 36.8 Å². The van der Waals surface area contributed by atoms with Crippen molar-refractivity contribution >= 4 is 11.6 Å². The second-order valence-electron chi connectivity index (χ2n) is 4.71. The van der Waals surface area contributed by atoms with Crippen molar-refractivity contribution in [1.29, 1.82) is 5.26 Å². The van der Waals surface area contributed by atoms with Crippen LogP contribution in [-0.2, 0) is 10.3 Å². The van der Waals surface area contributed by atoms with E-state index in [0.717, 1.165) is 5.56 Å². The molecule has 100 valence electrons. The minimum Gasteiger partial charge on any atom is -0.324 e. The molecule has 0 aliphatic heterocycles. The average Bonchev–Trinajstić information content (AvgIpc) is 2.49. The molecule has 0 aliphatic carbocycles. The number of benzene rings is 2. The van der Waals surface area contributed by atoms with E-state index in [1.807, 2.05) is 36.4 Å². The number of nitriles is 1. The van der Waals surface area contributed by atoms with Gasteiger partial charge in [0.2, 0.25) is 5.91 Å². The summed E-state index contributed by atoms with van der Waals surface area (Å²) < 4.78 is 0. The van der Waals surface area contributed by atoms with E-state index in [-0.39, 0.29) is 5.91 Å². The van der Waals surface area contributed by atoms with Crippen LogP contribution in [0.4, 0.5) is 5.69 Å². The summed E-state index contributed by atoms with van der Waals surface area (Å²) in [4.78, 5) is 12.3. The van der Waals surface area contributed by atoms with Crippen LogP contribution in [0.25, 0.3) is 0 Å². The molecule has 20 heavy (non-hydrogen) atoms. The number of hydrogen-bond donors (Lipinski definition) is 2. The van der Waals surface area contributed by atoms with Gasteiger partial charge in [0.15, 0.2) is 0 Å². The Morgan fingerprint density at radius 1 is 1.15 bits per heavy atom. The lowest BCUT2D eigenvalue weighted by Gasteiger charge is -2.24. The molecule has 2 aromatic rings. The third-order valence-electron chi connectivity index (χ3n) is 3.12. The Balaban J connectivity index is 2.17. The molecule has 2 rings (SSSR count). The Kier molecular flexibility index (Phi) is 3.83. The first-order valence-electron chi connectivity index (χ1n) is 6.20. The van der Waals surface area contributed by atoms with E-state index in [1.54, 1.807) is 31.2 Å². The Bertz CT molecular complexity index is 640. The second kappa shape index (κ2) is 5.55. The van der Waals surface area contributed by atoms with Crippen LogP contribution in [0.15, 0.2) is 54.6 Å². The number of hydrogen-bond acceptors (Lipinski definition) is 3. The van der Waals surface area contributed by atoms with Crippen LogP contribution < -0.4 is 11.1 Å². The summed E-state index contributed by atoms with van der Waals surface area (Å²) in [5.74, 6) is -0.298. The third-order valence-corrected chi connectivity index (χ3v) is 3.12. The highest BCUT2D eigenvalue weighted by molar-refractivity contribution is 5.98. The molecule has 0 saturated carbocycles. The van der Waals surface area contributed by atoms with Crippen molar-refractivity contribution in [2.45, 2.75) is 12.5 Å². The topological polar surface area (TPSA) is 78.9 Å². The number of nitrogens with two attached hydrogens (primary N) is 1. The van der Waals surface area contributed by atoms with Crippen LogP contribution in [0, 0.1) is 11.3 Å². The minimum absolute atomic E-state index is 0.298. The number of anilines is 1. The summed E-state index contributed by atoms with van der Waals surface area (Å²) >= 11 is 0. The Hall–Kier alpha value is -2.64. The summed E-state index contributed by atoms with van der Waals surface area (Å²) in [6.07, 6.45) is 0. The Morgan fingerprint density at radius 3 is 2.30 bits per heavy atom. The van der Waals surface area contributed by atoms with Gasteiger partial charge < -0.3 is 11.1 Å². The zero-order chi connectivity index (χ0) is 14.6. The highest BCUT2D eigenvalue weighted by Gasteiger charge is 2.30. The van der Waals surface area contributed by atoms with Gasteiger partial charge in [0.1, 0.15) is 5.54 Å². The molecule has 3 N–H and O–H groups in total. The summed E-state index contributed by atoms with van der Waals surface area (Å²) in [6.45, 7) is 1.67. The Morgan fingerprint density at radius 2 is 1.75 bits per heavy atom. The fourth-order valence-corrected chi connectivity index (χ4v) is 1.80. The van der Waals surface area contributed by atoms with Gasteiger partial charge in [-0.3, -0.25) is 4.79 Å². The molecule has 4 heteroatoms. The van der Waals surface area contributed by atoms with Crippen molar-refractivity contribution in [3.05, 3.63) is 65.7 Å². The molecule has 0 aliphatic rings. The quantitative estimate of drug-likeness (QED) is 0.894. The normalized spacial score (nSPS) is 13.1. The van der Waals surface area contributed by atoms with Gasteiger partial charge in [-0.15, -0.1) is 0 Å². The number of rotatable bonds is 3. The van der Waals surface area contributed by atoms with Gasteiger partial charge in [0.05, 0.1) is 11.6 Å². The molecule has 0 aromatic heterocycles. The summed E-state index contributed by atoms with van der Waals surface area (Å²) in [5, 5.41) is 11.5. The van der Waals surface area contributed by atoms with E-state index in [4.69, 9.17) is 11.0 Å². The van der Waals surface area contributed by atoms with Crippen LogP contribution in [-0.4, -0.2) is 5.91 Å². The standard InChI is InChI=1S/C16H15N3O/c1-16(18,13-5-3-2-4-6-13)15(20)19-14-9-7-12(11-17)8-10-14/h2-10H,18H2,1H3,(H,19,20). The highest BCUT2D eigenvalue weighted by Crippen LogP contribution is 2.20. The maximum Gasteiger partial charge on any atom is 0.248 e. The molecular formula is C16H15N3O. The molecule has 0 fully saturated rings. The van der Waals surface area contributed by atoms with Crippen molar-refractivity contribution < 1.29 is 4.79 Å². The lowest BCUT2D eigenvalue weighted by molar-refractivity contribution is -0.120. The van der Waals surface area contributed by atoms with Crippen molar-refractivity contribution in [3.8, 4) is 6.07 Å². The molecule has 0 heterocycles. The highest BCUT2D eigenvalue weighted by atomic mass is 16.2. The molecule has 0 saturated heterocycles. The molecule has 0 radical (unpaired) electrons. The number of nitrogens with zero attached hydrogens (tertiary/aromatic N) is 1. The smallest absolute Gasteiger partial charge is 0.248 e. The molecule has 0 bridgehead atoms. The van der Waals surface area contributed by atoms with Crippen molar-refractivity contribution in [2.24, 2.45) is 5.73 Å². The van der Waals surface area contributed by atoms with E-state index >= 15 is 0 Å². The third kappa shape index (κ3) is 2.85. The molecule has 1 unspecified atom stereocenters. The maximum absolute atomic E-state index is 12.3. The van der Waals surface area contributed by atoms with Gasteiger partial charge in [-0.1, -0.05) is 30.3 Å². The van der Waals surface area contributed by atoms with Crippen molar-refractivity contribution in [3.63, 3.8) is 0 Å². The monoisotopic (exact) mass is 265 g/mol. The molecule has 1 amide bonds. The maximum atomic E-state index is 12.3. The summed E-state index contributed by atoms with van der Waals surface area (Å²) in [5.41, 5.74) is 6.90. The molecule has 1 atom stereocenters. The average molecular weight is 265 g/mol.